The number of benzene rings is 3. The maximum Gasteiger partial charge on any atom is 0.250 e. The molecule has 0 saturated carbocycles. The molecule has 0 aliphatic carbocycles. The molecule has 0 unspecified atom stereocenters. The van der Waals surface area contributed by atoms with Crippen molar-refractivity contribution in [2.45, 2.75) is 24.5 Å². The minimum Gasteiger partial charge on any atom is -0.504 e. The number of rotatable bonds is 4. The van der Waals surface area contributed by atoms with Crippen molar-refractivity contribution in [1.29, 1.82) is 0 Å². The van der Waals surface area contributed by atoms with Gasteiger partial charge < -0.3 is 15.5 Å². The van der Waals surface area contributed by atoms with Gasteiger partial charge in [0.1, 0.15) is 17.2 Å². The van der Waals surface area contributed by atoms with E-state index in [-0.39, 0.29) is 30.0 Å². The summed E-state index contributed by atoms with van der Waals surface area (Å²) in [5.74, 6) is -5.49. The van der Waals surface area contributed by atoms with Crippen LogP contribution in [0.15, 0.2) is 60.7 Å². The van der Waals surface area contributed by atoms with Crippen molar-refractivity contribution in [2.24, 2.45) is 11.8 Å². The Balaban J connectivity index is 1.44. The number of aromatic hydroxyl groups is 2. The van der Waals surface area contributed by atoms with E-state index in [1.807, 2.05) is 0 Å². The number of likely N-dealkylation sites (tertiary alicyclic amines) is 1. The molecule has 1 spiro atoms. The number of anilines is 1. The number of amides is 3. The van der Waals surface area contributed by atoms with Crippen LogP contribution in [0.4, 0.5) is 14.5 Å². The Hall–Kier alpha value is -4.31. The van der Waals surface area contributed by atoms with Gasteiger partial charge in [0.2, 0.25) is 17.7 Å². The van der Waals surface area contributed by atoms with Crippen LogP contribution in [0.25, 0.3) is 0 Å². The number of nitrogens with one attached hydrogen (secondary N) is 2. The van der Waals surface area contributed by atoms with E-state index in [1.54, 1.807) is 6.07 Å². The van der Waals surface area contributed by atoms with Crippen LogP contribution in [0.5, 0.6) is 11.5 Å². The number of phenolic OH excluding ortho intramolecular Hbond substituents is 2. The first-order valence-electron chi connectivity index (χ1n) is 11.7. The van der Waals surface area contributed by atoms with E-state index in [2.05, 4.69) is 10.6 Å². The monoisotopic (exact) mass is 505 g/mol. The lowest BCUT2D eigenvalue weighted by atomic mass is 9.76. The zero-order valence-electron chi connectivity index (χ0n) is 19.2. The average Bonchev–Trinajstić information content (AvgIpc) is 3.43. The van der Waals surface area contributed by atoms with E-state index >= 15 is 0 Å². The maximum atomic E-state index is 14.4. The van der Waals surface area contributed by atoms with Gasteiger partial charge in [-0.3, -0.25) is 24.6 Å². The van der Waals surface area contributed by atoms with Gasteiger partial charge in [-0.1, -0.05) is 18.2 Å². The fourth-order valence-corrected chi connectivity index (χ4v) is 5.89. The van der Waals surface area contributed by atoms with E-state index in [0.717, 1.165) is 4.90 Å². The molecule has 188 valence electrons. The number of fused-ring (bicyclic) bond motifs is 4. The largest absolute Gasteiger partial charge is 0.504 e. The summed E-state index contributed by atoms with van der Waals surface area (Å²) in [4.78, 5) is 42.1. The lowest BCUT2D eigenvalue weighted by molar-refractivity contribution is -0.143. The van der Waals surface area contributed by atoms with Crippen LogP contribution in [-0.4, -0.2) is 38.9 Å². The van der Waals surface area contributed by atoms with Gasteiger partial charge >= 0.3 is 0 Å². The summed E-state index contributed by atoms with van der Waals surface area (Å²) in [6.45, 7) is -0.106. The smallest absolute Gasteiger partial charge is 0.250 e. The molecule has 0 aromatic heterocycles. The van der Waals surface area contributed by atoms with Crippen molar-refractivity contribution < 1.29 is 33.4 Å². The highest BCUT2D eigenvalue weighted by Gasteiger charge is 2.70. The summed E-state index contributed by atoms with van der Waals surface area (Å²) in [5.41, 5.74) is -0.00649. The lowest BCUT2D eigenvalue weighted by Crippen LogP contribution is -2.53. The topological polar surface area (TPSA) is 119 Å². The fraction of sp³-hybridized carbons (Fsp3) is 0.222. The van der Waals surface area contributed by atoms with Gasteiger partial charge in [-0.15, -0.1) is 0 Å². The molecule has 3 amide bonds. The molecular weight excluding hydrogens is 484 g/mol. The van der Waals surface area contributed by atoms with Gasteiger partial charge in [0.05, 0.1) is 18.4 Å². The van der Waals surface area contributed by atoms with Crippen molar-refractivity contribution in [3.05, 3.63) is 89.0 Å². The number of hydrogen-bond donors (Lipinski definition) is 4. The molecule has 10 heteroatoms. The molecule has 6 rings (SSSR count). The number of imide groups is 1. The molecule has 3 aromatic carbocycles. The van der Waals surface area contributed by atoms with E-state index < -0.39 is 52.8 Å². The van der Waals surface area contributed by atoms with Crippen molar-refractivity contribution in [3.8, 4) is 11.5 Å². The van der Waals surface area contributed by atoms with Gasteiger partial charge in [-0.2, -0.15) is 0 Å². The molecule has 3 aromatic rings. The Labute approximate surface area is 209 Å². The summed E-state index contributed by atoms with van der Waals surface area (Å²) >= 11 is 0. The molecule has 4 atom stereocenters. The Morgan fingerprint density at radius 3 is 2.27 bits per heavy atom. The molecule has 3 heterocycles. The van der Waals surface area contributed by atoms with Crippen molar-refractivity contribution >= 4 is 23.4 Å². The molecule has 3 aliphatic heterocycles. The quantitative estimate of drug-likeness (QED) is 0.320. The number of phenols is 2. The summed E-state index contributed by atoms with van der Waals surface area (Å²) in [6.07, 6.45) is 0.137. The van der Waals surface area contributed by atoms with Crippen LogP contribution < -0.4 is 10.6 Å². The third kappa shape index (κ3) is 3.40. The normalized spacial score (nSPS) is 26.1. The molecule has 37 heavy (non-hydrogen) atoms. The van der Waals surface area contributed by atoms with Crippen molar-refractivity contribution in [3.63, 3.8) is 0 Å². The Kier molecular flexibility index (Phi) is 5.06. The van der Waals surface area contributed by atoms with Gasteiger partial charge in [-0.25, -0.2) is 8.78 Å². The Morgan fingerprint density at radius 1 is 0.838 bits per heavy atom. The number of carbonyl (C=O) groups excluding carboxylic acids is 3. The number of nitrogens with zero attached hydrogens (tertiary/aromatic N) is 1. The highest BCUT2D eigenvalue weighted by atomic mass is 19.1. The molecule has 3 aliphatic rings. The minimum atomic E-state index is -1.68. The van der Waals surface area contributed by atoms with Crippen molar-refractivity contribution in [1.82, 2.24) is 10.2 Å². The first-order chi connectivity index (χ1) is 17.7. The maximum absolute atomic E-state index is 14.4. The van der Waals surface area contributed by atoms with Crippen LogP contribution in [-0.2, 0) is 32.9 Å². The molecule has 2 fully saturated rings. The highest BCUT2D eigenvalue weighted by Crippen LogP contribution is 2.53. The minimum absolute atomic E-state index is 0.106. The third-order valence-electron chi connectivity index (χ3n) is 7.52. The predicted molar refractivity (Wildman–Crippen MR) is 126 cm³/mol. The summed E-state index contributed by atoms with van der Waals surface area (Å²) in [5, 5.41) is 25.5. The Bertz CT molecular complexity index is 1480. The van der Waals surface area contributed by atoms with E-state index in [1.165, 1.54) is 54.6 Å². The second-order valence-corrected chi connectivity index (χ2v) is 9.62. The molecule has 0 bridgehead atoms. The Morgan fingerprint density at radius 2 is 1.54 bits per heavy atom. The van der Waals surface area contributed by atoms with Crippen LogP contribution in [0.3, 0.4) is 0 Å². The van der Waals surface area contributed by atoms with Crippen LogP contribution in [0.1, 0.15) is 16.7 Å². The van der Waals surface area contributed by atoms with E-state index in [0.29, 0.717) is 16.8 Å². The standard InChI is InChI=1S/C27H21F2N3O5/c28-15-4-1-13(2-5-15)12-32-24(35)22-19(9-14-3-8-20(33)21(34)10-14)31-27(23(22)25(32)36)17-11-16(29)6-7-18(17)30-26(27)37/h1-8,10-11,19,22-23,31,33-34H,9,12H2,(H,30,37)/t19-,22+,23-,27+/m0/s1. The fourth-order valence-electron chi connectivity index (χ4n) is 5.89. The van der Waals surface area contributed by atoms with Crippen LogP contribution in [0, 0.1) is 23.5 Å². The van der Waals surface area contributed by atoms with Crippen LogP contribution >= 0.6 is 0 Å². The molecule has 2 saturated heterocycles. The molecular formula is C27H21F2N3O5. The zero-order chi connectivity index (χ0) is 26.1. The van der Waals surface area contributed by atoms with Gasteiger partial charge in [-0.05, 0) is 60.0 Å². The second kappa shape index (κ2) is 8.10. The van der Waals surface area contributed by atoms with Gasteiger partial charge in [0.25, 0.3) is 0 Å². The molecule has 4 N–H and O–H groups in total. The first-order valence-corrected chi connectivity index (χ1v) is 11.7. The van der Waals surface area contributed by atoms with Crippen LogP contribution in [0.2, 0.25) is 0 Å². The van der Waals surface area contributed by atoms with Gasteiger partial charge in [0.15, 0.2) is 11.5 Å². The summed E-state index contributed by atoms with van der Waals surface area (Å²) < 4.78 is 27.8. The number of carbonyl (C=O) groups is 3. The molecule has 0 radical (unpaired) electrons. The average molecular weight is 505 g/mol. The predicted octanol–water partition coefficient (Wildman–Crippen LogP) is 2.54. The summed E-state index contributed by atoms with van der Waals surface area (Å²) in [7, 11) is 0. The highest BCUT2D eigenvalue weighted by molar-refractivity contribution is 6.15. The SMILES string of the molecule is O=C1[C@@H]2[C@H](Cc3ccc(O)c(O)c3)N[C@@]3(C(=O)Nc4ccc(F)cc43)[C@@H]2C(=O)N1Cc1ccc(F)cc1. The molecule has 8 nitrogen and oxygen atoms in total. The van der Waals surface area contributed by atoms with E-state index in [4.69, 9.17) is 0 Å². The number of hydrogen-bond acceptors (Lipinski definition) is 6. The van der Waals surface area contributed by atoms with Gasteiger partial charge in [0, 0.05) is 17.3 Å². The lowest BCUT2D eigenvalue weighted by Gasteiger charge is -2.29. The van der Waals surface area contributed by atoms with Crippen molar-refractivity contribution in [2.75, 3.05) is 5.32 Å². The third-order valence-corrected chi connectivity index (χ3v) is 7.52. The summed E-state index contributed by atoms with van der Waals surface area (Å²) in [6, 6.07) is 12.7. The zero-order valence-corrected chi connectivity index (χ0v) is 19.2. The number of halogens is 2. The first kappa shape index (κ1) is 23.1. The van der Waals surface area contributed by atoms with E-state index in [9.17, 15) is 33.4 Å². The second-order valence-electron chi connectivity index (χ2n) is 9.62.